The Labute approximate surface area is 84.1 Å². The number of carbonyl (C=O) groups is 1. The van der Waals surface area contributed by atoms with Crippen LogP contribution in [0.5, 0.6) is 0 Å². The number of halogens is 6. The second-order valence-electron chi connectivity index (χ2n) is 2.71. The molecule has 88 valence electrons. The van der Waals surface area contributed by atoms with Crippen molar-refractivity contribution in [1.82, 2.24) is 0 Å². The third-order valence-corrected chi connectivity index (χ3v) is 1.68. The summed E-state index contributed by atoms with van der Waals surface area (Å²) < 4.78 is 74.4. The Hall–Kier alpha value is -1.73. The summed E-state index contributed by atoms with van der Waals surface area (Å²) in [4.78, 5) is 10.2. The summed E-state index contributed by atoms with van der Waals surface area (Å²) in [6.45, 7) is 0. The van der Waals surface area contributed by atoms with Crippen LogP contribution in [0.25, 0.3) is 0 Å². The molecule has 0 fully saturated rings. The first-order valence-corrected chi connectivity index (χ1v) is 3.64. The fourth-order valence-corrected chi connectivity index (χ4v) is 0.997. The number of benzene rings is 1. The zero-order chi connectivity index (χ0) is 12.7. The Morgan fingerprint density at radius 3 is 2.00 bits per heavy atom. The molecule has 0 aliphatic carbocycles. The highest BCUT2D eigenvalue weighted by atomic mass is 19.4. The predicted molar refractivity (Wildman–Crippen MR) is 38.3 cm³/mol. The maximum atomic E-state index is 12.8. The number of carboxylic acid groups (broad SMARTS) is 1. The Bertz CT molecular complexity index is 451. The third-order valence-electron chi connectivity index (χ3n) is 1.68. The van der Waals surface area contributed by atoms with Gasteiger partial charge >= 0.3 is 12.1 Å². The Morgan fingerprint density at radius 2 is 1.62 bits per heavy atom. The molecular formula is C8H2F6O2. The van der Waals surface area contributed by atoms with Crippen molar-refractivity contribution in [3.63, 3.8) is 0 Å². The van der Waals surface area contributed by atoms with Crippen molar-refractivity contribution in [3.05, 3.63) is 34.6 Å². The van der Waals surface area contributed by atoms with Gasteiger partial charge in [-0.25, -0.2) is 18.0 Å². The molecule has 0 aromatic heterocycles. The Balaban J connectivity index is 3.58. The lowest BCUT2D eigenvalue weighted by molar-refractivity contribution is -0.140. The van der Waals surface area contributed by atoms with E-state index in [9.17, 15) is 31.1 Å². The third kappa shape index (κ3) is 1.95. The average Bonchev–Trinajstić information content (AvgIpc) is 2.09. The van der Waals surface area contributed by atoms with Crippen LogP contribution in [0.2, 0.25) is 0 Å². The summed E-state index contributed by atoms with van der Waals surface area (Å²) in [5, 5.41) is 8.24. The van der Waals surface area contributed by atoms with Crippen LogP contribution in [0.4, 0.5) is 26.3 Å². The van der Waals surface area contributed by atoms with E-state index in [1.54, 1.807) is 0 Å². The molecule has 1 aromatic rings. The van der Waals surface area contributed by atoms with Crippen molar-refractivity contribution >= 4 is 5.97 Å². The molecule has 16 heavy (non-hydrogen) atoms. The topological polar surface area (TPSA) is 37.3 Å². The minimum atomic E-state index is -5.30. The van der Waals surface area contributed by atoms with Gasteiger partial charge in [0.25, 0.3) is 0 Å². The van der Waals surface area contributed by atoms with E-state index in [1.165, 1.54) is 0 Å². The molecule has 2 nitrogen and oxygen atoms in total. The van der Waals surface area contributed by atoms with E-state index < -0.39 is 46.8 Å². The van der Waals surface area contributed by atoms with Gasteiger partial charge in [-0.15, -0.1) is 0 Å². The summed E-state index contributed by atoms with van der Waals surface area (Å²) in [6, 6.07) is -0.401. The fourth-order valence-electron chi connectivity index (χ4n) is 0.997. The number of hydrogen-bond acceptors (Lipinski definition) is 1. The summed E-state index contributed by atoms with van der Waals surface area (Å²) in [5.74, 6) is -8.99. The number of carboxylic acids is 1. The molecule has 1 rings (SSSR count). The quantitative estimate of drug-likeness (QED) is 0.609. The molecule has 8 heteroatoms. The summed E-state index contributed by atoms with van der Waals surface area (Å²) in [7, 11) is 0. The first kappa shape index (κ1) is 12.3. The maximum absolute atomic E-state index is 12.8. The lowest BCUT2D eigenvalue weighted by Gasteiger charge is -2.10. The van der Waals surface area contributed by atoms with Crippen LogP contribution in [-0.4, -0.2) is 11.1 Å². The molecule has 0 saturated heterocycles. The van der Waals surface area contributed by atoms with Gasteiger partial charge < -0.3 is 5.11 Å². The minimum absolute atomic E-state index is 0.401. The van der Waals surface area contributed by atoms with Crippen LogP contribution in [0.1, 0.15) is 15.9 Å². The van der Waals surface area contributed by atoms with Gasteiger partial charge in [0.1, 0.15) is 11.4 Å². The molecule has 1 aromatic carbocycles. The van der Waals surface area contributed by atoms with Gasteiger partial charge in [0.15, 0.2) is 11.6 Å². The first-order chi connectivity index (χ1) is 7.16. The number of alkyl halides is 3. The van der Waals surface area contributed by atoms with Gasteiger partial charge in [-0.1, -0.05) is 0 Å². The lowest BCUT2D eigenvalue weighted by atomic mass is 10.1. The van der Waals surface area contributed by atoms with Gasteiger partial charge in [0.05, 0.1) is 5.56 Å². The van der Waals surface area contributed by atoms with E-state index in [-0.39, 0.29) is 0 Å². The summed E-state index contributed by atoms with van der Waals surface area (Å²) in [5.41, 5.74) is -3.95. The lowest BCUT2D eigenvalue weighted by Crippen LogP contribution is -2.15. The molecule has 0 atom stereocenters. The monoisotopic (exact) mass is 244 g/mol. The molecule has 1 N–H and O–H groups in total. The fraction of sp³-hybridized carbons (Fsp3) is 0.125. The zero-order valence-electron chi connectivity index (χ0n) is 7.20. The van der Waals surface area contributed by atoms with E-state index in [2.05, 4.69) is 0 Å². The SMILES string of the molecule is O=C(O)c1c(F)cc(C(F)(F)F)c(F)c1F. The second-order valence-corrected chi connectivity index (χ2v) is 2.71. The van der Waals surface area contributed by atoms with Crippen molar-refractivity contribution in [3.8, 4) is 0 Å². The standard InChI is InChI=1S/C8H2F6O2/c9-3-1-2(8(12,13)14)5(10)6(11)4(3)7(15)16/h1H,(H,15,16). The Kier molecular flexibility index (Phi) is 2.85. The first-order valence-electron chi connectivity index (χ1n) is 3.64. The smallest absolute Gasteiger partial charge is 0.419 e. The van der Waals surface area contributed by atoms with Gasteiger partial charge in [-0.05, 0) is 6.07 Å². The molecule has 0 bridgehead atoms. The molecular weight excluding hydrogens is 242 g/mol. The van der Waals surface area contributed by atoms with Crippen molar-refractivity contribution < 1.29 is 36.2 Å². The Morgan fingerprint density at radius 1 is 1.12 bits per heavy atom. The molecule has 0 amide bonds. The average molecular weight is 244 g/mol. The van der Waals surface area contributed by atoms with Gasteiger partial charge in [0, 0.05) is 0 Å². The normalized spacial score (nSPS) is 11.6. The summed E-state index contributed by atoms with van der Waals surface area (Å²) in [6.07, 6.45) is -5.30. The molecule has 0 aliphatic rings. The largest absolute Gasteiger partial charge is 0.477 e. The van der Waals surface area contributed by atoms with Crippen molar-refractivity contribution in [2.45, 2.75) is 6.18 Å². The van der Waals surface area contributed by atoms with Crippen LogP contribution in [-0.2, 0) is 6.18 Å². The van der Waals surface area contributed by atoms with Crippen LogP contribution >= 0.6 is 0 Å². The second kappa shape index (κ2) is 3.69. The van der Waals surface area contributed by atoms with Crippen LogP contribution in [0.3, 0.4) is 0 Å². The van der Waals surface area contributed by atoms with Crippen molar-refractivity contribution in [2.24, 2.45) is 0 Å². The van der Waals surface area contributed by atoms with Gasteiger partial charge in [-0.3, -0.25) is 0 Å². The van der Waals surface area contributed by atoms with E-state index >= 15 is 0 Å². The van der Waals surface area contributed by atoms with Gasteiger partial charge in [0.2, 0.25) is 0 Å². The van der Waals surface area contributed by atoms with E-state index in [0.717, 1.165) is 0 Å². The van der Waals surface area contributed by atoms with Crippen LogP contribution < -0.4 is 0 Å². The van der Waals surface area contributed by atoms with E-state index in [4.69, 9.17) is 5.11 Å². The minimum Gasteiger partial charge on any atom is -0.477 e. The molecule has 0 aliphatic heterocycles. The molecule has 0 unspecified atom stereocenters. The van der Waals surface area contributed by atoms with E-state index in [0.29, 0.717) is 0 Å². The number of aromatic carboxylic acids is 1. The van der Waals surface area contributed by atoms with Gasteiger partial charge in [-0.2, -0.15) is 13.2 Å². The zero-order valence-corrected chi connectivity index (χ0v) is 7.20. The van der Waals surface area contributed by atoms with E-state index in [1.807, 2.05) is 0 Å². The molecule has 0 saturated carbocycles. The highest BCUT2D eigenvalue weighted by Gasteiger charge is 2.38. The maximum Gasteiger partial charge on any atom is 0.419 e. The molecule has 0 heterocycles. The van der Waals surface area contributed by atoms with Crippen molar-refractivity contribution in [1.29, 1.82) is 0 Å². The summed E-state index contributed by atoms with van der Waals surface area (Å²) >= 11 is 0. The predicted octanol–water partition coefficient (Wildman–Crippen LogP) is 2.82. The number of hydrogen-bond donors (Lipinski definition) is 1. The van der Waals surface area contributed by atoms with Crippen LogP contribution in [0, 0.1) is 17.5 Å². The molecule has 0 radical (unpaired) electrons. The van der Waals surface area contributed by atoms with Crippen molar-refractivity contribution in [2.75, 3.05) is 0 Å². The molecule has 0 spiro atoms. The highest BCUT2D eigenvalue weighted by Crippen LogP contribution is 2.34. The van der Waals surface area contributed by atoms with Crippen LogP contribution in [0.15, 0.2) is 6.07 Å². The number of rotatable bonds is 1. The highest BCUT2D eigenvalue weighted by molar-refractivity contribution is 5.88.